The third kappa shape index (κ3) is 5.92. The van der Waals surface area contributed by atoms with Crippen molar-refractivity contribution in [1.82, 2.24) is 0 Å². The molecule has 0 saturated heterocycles. The predicted molar refractivity (Wildman–Crippen MR) is 134 cm³/mol. The minimum absolute atomic E-state index is 0.222. The molecule has 4 rings (SSSR count). The van der Waals surface area contributed by atoms with E-state index in [2.05, 4.69) is 0 Å². The van der Waals surface area contributed by atoms with Gasteiger partial charge in [0.25, 0.3) is 20.2 Å². The largest absolute Gasteiger partial charge is 0.457 e. The van der Waals surface area contributed by atoms with E-state index in [-0.39, 0.29) is 9.79 Å². The molecule has 36 heavy (non-hydrogen) atoms. The van der Waals surface area contributed by atoms with E-state index in [0.29, 0.717) is 23.0 Å². The Labute approximate surface area is 209 Å². The summed E-state index contributed by atoms with van der Waals surface area (Å²) >= 11 is 0. The quantitative estimate of drug-likeness (QED) is 0.279. The summed E-state index contributed by atoms with van der Waals surface area (Å²) in [6.45, 7) is 3.76. The van der Waals surface area contributed by atoms with Crippen LogP contribution in [0.15, 0.2) is 94.7 Å². The lowest BCUT2D eigenvalue weighted by molar-refractivity contribution is 0.473. The van der Waals surface area contributed by atoms with Crippen molar-refractivity contribution in [2.45, 2.75) is 23.6 Å². The van der Waals surface area contributed by atoms with Crippen LogP contribution in [0.2, 0.25) is 0 Å². The van der Waals surface area contributed by atoms with Gasteiger partial charge in [0.05, 0.1) is 9.79 Å². The predicted octanol–water partition coefficient (Wildman–Crippen LogP) is 6.05. The summed E-state index contributed by atoms with van der Waals surface area (Å²) in [5.41, 5.74) is 3.41. The average Bonchev–Trinajstić information content (AvgIpc) is 2.81. The maximum atomic E-state index is 11.2. The minimum atomic E-state index is -4.29. The first-order valence-corrected chi connectivity index (χ1v) is 13.5. The molecule has 0 unspecified atom stereocenters. The van der Waals surface area contributed by atoms with Gasteiger partial charge in [-0.3, -0.25) is 9.11 Å². The second kappa shape index (κ2) is 9.75. The third-order valence-electron chi connectivity index (χ3n) is 5.41. The van der Waals surface area contributed by atoms with Crippen molar-refractivity contribution in [2.24, 2.45) is 0 Å². The first-order valence-electron chi connectivity index (χ1n) is 10.6. The van der Waals surface area contributed by atoms with Gasteiger partial charge in [-0.2, -0.15) is 16.8 Å². The van der Waals surface area contributed by atoms with Gasteiger partial charge in [-0.25, -0.2) is 0 Å². The van der Waals surface area contributed by atoms with Crippen molar-refractivity contribution in [2.75, 3.05) is 0 Å². The second-order valence-electron chi connectivity index (χ2n) is 8.06. The zero-order chi connectivity index (χ0) is 26.1. The van der Waals surface area contributed by atoms with E-state index in [1.807, 2.05) is 50.2 Å². The summed E-state index contributed by atoms with van der Waals surface area (Å²) in [6.07, 6.45) is 0. The Morgan fingerprint density at radius 2 is 0.861 bits per heavy atom. The fourth-order valence-electron chi connectivity index (χ4n) is 3.39. The highest BCUT2D eigenvalue weighted by molar-refractivity contribution is 7.86. The average molecular weight is 527 g/mol. The van der Waals surface area contributed by atoms with Gasteiger partial charge in [0.1, 0.15) is 23.0 Å². The Morgan fingerprint density at radius 1 is 0.528 bits per heavy atom. The number of benzene rings is 4. The van der Waals surface area contributed by atoms with Crippen LogP contribution in [0.1, 0.15) is 11.1 Å². The van der Waals surface area contributed by atoms with E-state index < -0.39 is 20.2 Å². The molecule has 8 nitrogen and oxygen atoms in total. The van der Waals surface area contributed by atoms with Crippen molar-refractivity contribution >= 4 is 20.2 Å². The van der Waals surface area contributed by atoms with Crippen molar-refractivity contribution in [3.05, 3.63) is 96.1 Å². The molecule has 0 spiro atoms. The van der Waals surface area contributed by atoms with E-state index >= 15 is 0 Å². The summed E-state index contributed by atoms with van der Waals surface area (Å²) in [5, 5.41) is 0. The van der Waals surface area contributed by atoms with Crippen LogP contribution in [0.25, 0.3) is 11.1 Å². The molecule has 0 radical (unpaired) electrons. The van der Waals surface area contributed by atoms with Gasteiger partial charge in [-0.05, 0) is 96.8 Å². The molecular formula is C26H22O8S2. The molecular weight excluding hydrogens is 504 g/mol. The Kier molecular flexibility index (Phi) is 6.87. The number of aryl methyl sites for hydroxylation is 2. The monoisotopic (exact) mass is 526 g/mol. The lowest BCUT2D eigenvalue weighted by atomic mass is 10.0. The first-order chi connectivity index (χ1) is 16.9. The SMILES string of the molecule is Cc1ccc(-c2ccc(C)c(Oc3ccc(S(=O)(=O)O)cc3)c2)cc1Oc1ccc(S(=O)(=O)O)cc1. The van der Waals surface area contributed by atoms with Crippen LogP contribution in [-0.2, 0) is 20.2 Å². The summed E-state index contributed by atoms with van der Waals surface area (Å²) in [7, 11) is -8.58. The highest BCUT2D eigenvalue weighted by Gasteiger charge is 2.12. The number of rotatable bonds is 7. The molecule has 2 N–H and O–H groups in total. The van der Waals surface area contributed by atoms with Crippen LogP contribution in [-0.4, -0.2) is 25.9 Å². The van der Waals surface area contributed by atoms with Crippen molar-refractivity contribution in [3.63, 3.8) is 0 Å². The lowest BCUT2D eigenvalue weighted by Crippen LogP contribution is -1.97. The zero-order valence-corrected chi connectivity index (χ0v) is 20.9. The Bertz CT molecular complexity index is 1500. The van der Waals surface area contributed by atoms with E-state index in [9.17, 15) is 16.8 Å². The fraction of sp³-hybridized carbons (Fsp3) is 0.0769. The molecule has 186 valence electrons. The molecule has 0 heterocycles. The van der Waals surface area contributed by atoms with Gasteiger partial charge >= 0.3 is 0 Å². The molecule has 0 aromatic heterocycles. The summed E-state index contributed by atoms with van der Waals surface area (Å²) < 4.78 is 75.2. The summed E-state index contributed by atoms with van der Waals surface area (Å²) in [5.74, 6) is 1.94. The van der Waals surface area contributed by atoms with Gasteiger partial charge in [-0.15, -0.1) is 0 Å². The van der Waals surface area contributed by atoms with Gasteiger partial charge in [0.2, 0.25) is 0 Å². The van der Waals surface area contributed by atoms with Crippen molar-refractivity contribution in [1.29, 1.82) is 0 Å². The third-order valence-corrected chi connectivity index (χ3v) is 7.14. The van der Waals surface area contributed by atoms with Gasteiger partial charge in [0.15, 0.2) is 0 Å². The molecule has 0 bridgehead atoms. The Morgan fingerprint density at radius 3 is 1.17 bits per heavy atom. The van der Waals surface area contributed by atoms with E-state index in [4.69, 9.17) is 18.6 Å². The van der Waals surface area contributed by atoms with E-state index in [0.717, 1.165) is 22.3 Å². The molecule has 0 aliphatic heterocycles. The Hall–Kier alpha value is -3.70. The zero-order valence-electron chi connectivity index (χ0n) is 19.2. The number of ether oxygens (including phenoxy) is 2. The van der Waals surface area contributed by atoms with E-state index in [1.165, 1.54) is 48.5 Å². The second-order valence-corrected chi connectivity index (χ2v) is 10.9. The maximum absolute atomic E-state index is 11.2. The van der Waals surface area contributed by atoms with Crippen LogP contribution in [0.3, 0.4) is 0 Å². The topological polar surface area (TPSA) is 127 Å². The molecule has 0 fully saturated rings. The highest BCUT2D eigenvalue weighted by atomic mass is 32.2. The molecule has 0 saturated carbocycles. The Balaban J connectivity index is 1.60. The molecule has 0 amide bonds. The smallest absolute Gasteiger partial charge is 0.294 e. The normalized spacial score (nSPS) is 11.8. The van der Waals surface area contributed by atoms with Crippen molar-refractivity contribution < 1.29 is 35.4 Å². The number of hydrogen-bond acceptors (Lipinski definition) is 6. The van der Waals surface area contributed by atoms with Crippen LogP contribution in [0.5, 0.6) is 23.0 Å². The highest BCUT2D eigenvalue weighted by Crippen LogP contribution is 2.34. The molecule has 4 aromatic carbocycles. The minimum Gasteiger partial charge on any atom is -0.457 e. The molecule has 0 aliphatic rings. The molecule has 0 aliphatic carbocycles. The van der Waals surface area contributed by atoms with Gasteiger partial charge in [0, 0.05) is 0 Å². The van der Waals surface area contributed by atoms with Crippen LogP contribution < -0.4 is 9.47 Å². The molecule has 4 aromatic rings. The first kappa shape index (κ1) is 25.4. The summed E-state index contributed by atoms with van der Waals surface area (Å²) in [6, 6.07) is 22.2. The van der Waals surface area contributed by atoms with Crippen LogP contribution in [0.4, 0.5) is 0 Å². The van der Waals surface area contributed by atoms with Crippen LogP contribution in [0, 0.1) is 13.8 Å². The van der Waals surface area contributed by atoms with Gasteiger partial charge in [-0.1, -0.05) is 24.3 Å². The fourth-order valence-corrected chi connectivity index (χ4v) is 4.35. The standard InChI is InChI=1S/C26H22O8S2/c1-17-3-5-19(15-25(17)33-21-7-11-23(12-8-21)35(27,28)29)20-6-4-18(2)26(16-20)34-22-9-13-24(14-10-22)36(30,31)32/h3-16H,1-2H3,(H,27,28,29)(H,30,31,32). The molecule has 10 heteroatoms. The lowest BCUT2D eigenvalue weighted by Gasteiger charge is -2.14. The molecule has 0 atom stereocenters. The summed E-state index contributed by atoms with van der Waals surface area (Å²) in [4.78, 5) is -0.444. The maximum Gasteiger partial charge on any atom is 0.294 e. The van der Waals surface area contributed by atoms with Crippen molar-refractivity contribution in [3.8, 4) is 34.1 Å². The van der Waals surface area contributed by atoms with Crippen LogP contribution >= 0.6 is 0 Å². The number of hydrogen-bond donors (Lipinski definition) is 2. The van der Waals surface area contributed by atoms with E-state index in [1.54, 1.807) is 0 Å². The van der Waals surface area contributed by atoms with Gasteiger partial charge < -0.3 is 9.47 Å².